The van der Waals surface area contributed by atoms with E-state index in [9.17, 15) is 0 Å². The van der Waals surface area contributed by atoms with E-state index in [0.717, 1.165) is 63.3 Å². The minimum absolute atomic E-state index is 0.0994. The summed E-state index contributed by atoms with van der Waals surface area (Å²) in [5.74, 6) is 1.62. The minimum atomic E-state index is -0.0994. The van der Waals surface area contributed by atoms with Gasteiger partial charge < -0.3 is 20.1 Å². The number of anilines is 1. The molecule has 0 saturated carbocycles. The Bertz CT molecular complexity index is 1190. The normalized spacial score (nSPS) is 19.5. The summed E-state index contributed by atoms with van der Waals surface area (Å²) >= 11 is 0. The van der Waals surface area contributed by atoms with Crippen LogP contribution in [0.4, 0.5) is 5.95 Å². The second-order valence-corrected chi connectivity index (χ2v) is 11.3. The Balaban J connectivity index is 1.05. The molecular formula is C29H35N5O2. The van der Waals surface area contributed by atoms with Crippen LogP contribution in [0.25, 0.3) is 0 Å². The average molecular weight is 486 g/mol. The summed E-state index contributed by atoms with van der Waals surface area (Å²) in [4.78, 5) is 13.8. The predicted molar refractivity (Wildman–Crippen MR) is 140 cm³/mol. The molecule has 3 aliphatic heterocycles. The van der Waals surface area contributed by atoms with E-state index < -0.39 is 0 Å². The van der Waals surface area contributed by atoms with Crippen molar-refractivity contribution < 1.29 is 9.47 Å². The first-order valence-corrected chi connectivity index (χ1v) is 12.8. The fourth-order valence-electron chi connectivity index (χ4n) is 5.41. The van der Waals surface area contributed by atoms with E-state index in [1.165, 1.54) is 16.7 Å². The molecule has 36 heavy (non-hydrogen) atoms. The molecule has 2 aromatic carbocycles. The fraction of sp³-hybridized carbons (Fsp3) is 0.448. The largest absolute Gasteiger partial charge is 0.487 e. The maximum Gasteiger partial charge on any atom is 0.225 e. The summed E-state index contributed by atoms with van der Waals surface area (Å²) in [7, 11) is 0. The Kier molecular flexibility index (Phi) is 5.94. The molecule has 0 unspecified atom stereocenters. The Morgan fingerprint density at radius 2 is 1.67 bits per heavy atom. The number of rotatable bonds is 8. The van der Waals surface area contributed by atoms with Gasteiger partial charge in [0.15, 0.2) is 0 Å². The summed E-state index contributed by atoms with van der Waals surface area (Å²) in [5.41, 5.74) is 10.9. The minimum Gasteiger partial charge on any atom is -0.487 e. The van der Waals surface area contributed by atoms with Gasteiger partial charge in [0.05, 0.1) is 24.3 Å². The van der Waals surface area contributed by atoms with Crippen LogP contribution in [0.2, 0.25) is 0 Å². The summed E-state index contributed by atoms with van der Waals surface area (Å²) in [6, 6.07) is 19.7. The fourth-order valence-corrected chi connectivity index (χ4v) is 5.41. The zero-order valence-corrected chi connectivity index (χ0v) is 21.2. The highest BCUT2D eigenvalue weighted by molar-refractivity contribution is 5.41. The third kappa shape index (κ3) is 4.59. The molecule has 3 aliphatic rings. The van der Waals surface area contributed by atoms with Crippen molar-refractivity contribution in [3.8, 4) is 5.75 Å². The second kappa shape index (κ2) is 9.14. The maximum absolute atomic E-state index is 6.06. The van der Waals surface area contributed by atoms with E-state index in [2.05, 4.69) is 77.2 Å². The van der Waals surface area contributed by atoms with Gasteiger partial charge >= 0.3 is 0 Å². The van der Waals surface area contributed by atoms with Crippen LogP contribution in [0, 0.1) is 5.41 Å². The number of nitrogens with two attached hydrogens (primary N) is 1. The van der Waals surface area contributed by atoms with Crippen molar-refractivity contribution in [2.45, 2.75) is 38.5 Å². The quantitative estimate of drug-likeness (QED) is 0.524. The van der Waals surface area contributed by atoms with Gasteiger partial charge in [-0.2, -0.15) is 0 Å². The van der Waals surface area contributed by atoms with Gasteiger partial charge in [-0.15, -0.1) is 0 Å². The number of aromatic nitrogens is 2. The molecule has 1 aromatic heterocycles. The number of hydrogen-bond acceptors (Lipinski definition) is 7. The Morgan fingerprint density at radius 1 is 1.00 bits per heavy atom. The van der Waals surface area contributed by atoms with Crippen LogP contribution < -0.4 is 15.4 Å². The molecule has 0 aliphatic carbocycles. The second-order valence-electron chi connectivity index (χ2n) is 11.3. The van der Waals surface area contributed by atoms with E-state index in [1.54, 1.807) is 0 Å². The first kappa shape index (κ1) is 23.4. The topological polar surface area (TPSA) is 76.7 Å². The highest BCUT2D eigenvalue weighted by Crippen LogP contribution is 2.39. The zero-order valence-electron chi connectivity index (χ0n) is 21.2. The van der Waals surface area contributed by atoms with Crippen LogP contribution in [0.15, 0.2) is 60.8 Å². The Morgan fingerprint density at radius 3 is 2.28 bits per heavy atom. The molecule has 3 aromatic rings. The number of ether oxygens (including phenoxy) is 2. The molecule has 3 fully saturated rings. The molecule has 3 saturated heterocycles. The van der Waals surface area contributed by atoms with Crippen molar-refractivity contribution in [1.82, 2.24) is 14.9 Å². The standard InChI is InChI=1S/C29H35N5O2/c1-28(2,22-5-3-21(4-6-22)13-33-14-24(30)15-33)23-7-9-26(10-8-23)36-16-25-11-12-31-27(32-25)34-17-29(18-34)19-35-20-29/h3-12,24H,13-20,30H2,1-2H3. The molecule has 0 atom stereocenters. The lowest BCUT2D eigenvalue weighted by Gasteiger charge is -2.54. The molecule has 0 radical (unpaired) electrons. The van der Waals surface area contributed by atoms with Gasteiger partial charge in [0, 0.05) is 50.4 Å². The summed E-state index contributed by atoms with van der Waals surface area (Å²) < 4.78 is 11.4. The SMILES string of the molecule is CC(C)(c1ccc(CN2CC(N)C2)cc1)c1ccc(OCc2ccnc(N3CC4(COC4)C3)n2)cc1. The zero-order chi connectivity index (χ0) is 24.8. The lowest BCUT2D eigenvalue weighted by Crippen LogP contribution is -2.66. The monoisotopic (exact) mass is 485 g/mol. The smallest absolute Gasteiger partial charge is 0.225 e. The van der Waals surface area contributed by atoms with Crippen LogP contribution in [0.3, 0.4) is 0 Å². The molecule has 188 valence electrons. The van der Waals surface area contributed by atoms with Crippen LogP contribution in [-0.2, 0) is 23.3 Å². The van der Waals surface area contributed by atoms with Crippen molar-refractivity contribution in [2.75, 3.05) is 44.3 Å². The van der Waals surface area contributed by atoms with Crippen molar-refractivity contribution in [3.63, 3.8) is 0 Å². The van der Waals surface area contributed by atoms with E-state index in [1.807, 2.05) is 12.3 Å². The number of likely N-dealkylation sites (tertiary alicyclic amines) is 1. The third-order valence-electron chi connectivity index (χ3n) is 7.88. The van der Waals surface area contributed by atoms with Gasteiger partial charge in [0.1, 0.15) is 12.4 Å². The molecule has 4 heterocycles. The van der Waals surface area contributed by atoms with Crippen molar-refractivity contribution in [1.29, 1.82) is 0 Å². The highest BCUT2D eigenvalue weighted by atomic mass is 16.5. The van der Waals surface area contributed by atoms with Crippen LogP contribution in [0.1, 0.15) is 36.2 Å². The third-order valence-corrected chi connectivity index (χ3v) is 7.88. The summed E-state index contributed by atoms with van der Waals surface area (Å²) in [5, 5.41) is 0. The summed E-state index contributed by atoms with van der Waals surface area (Å²) in [6.07, 6.45) is 1.82. The summed E-state index contributed by atoms with van der Waals surface area (Å²) in [6.45, 7) is 11.6. The van der Waals surface area contributed by atoms with Crippen LogP contribution in [-0.4, -0.2) is 60.3 Å². The van der Waals surface area contributed by atoms with Crippen LogP contribution >= 0.6 is 0 Å². The van der Waals surface area contributed by atoms with E-state index in [-0.39, 0.29) is 5.41 Å². The first-order valence-electron chi connectivity index (χ1n) is 12.8. The Labute approximate surface area is 213 Å². The van der Waals surface area contributed by atoms with Crippen molar-refractivity contribution >= 4 is 5.95 Å². The molecule has 1 spiro atoms. The van der Waals surface area contributed by atoms with E-state index in [0.29, 0.717) is 18.1 Å². The van der Waals surface area contributed by atoms with E-state index >= 15 is 0 Å². The van der Waals surface area contributed by atoms with Gasteiger partial charge in [-0.05, 0) is 34.9 Å². The molecule has 0 amide bonds. The highest BCUT2D eigenvalue weighted by Gasteiger charge is 2.49. The van der Waals surface area contributed by atoms with Gasteiger partial charge in [0.25, 0.3) is 0 Å². The predicted octanol–water partition coefficient (Wildman–Crippen LogP) is 3.36. The molecule has 7 heteroatoms. The van der Waals surface area contributed by atoms with Gasteiger partial charge in [-0.3, -0.25) is 4.90 Å². The van der Waals surface area contributed by atoms with Gasteiger partial charge in [0.2, 0.25) is 5.95 Å². The van der Waals surface area contributed by atoms with E-state index in [4.69, 9.17) is 20.2 Å². The molecule has 6 rings (SSSR count). The molecular weight excluding hydrogens is 450 g/mol. The van der Waals surface area contributed by atoms with Crippen molar-refractivity contribution in [3.05, 3.63) is 83.2 Å². The van der Waals surface area contributed by atoms with Crippen molar-refractivity contribution in [2.24, 2.45) is 11.1 Å². The number of benzene rings is 2. The van der Waals surface area contributed by atoms with Crippen LogP contribution in [0.5, 0.6) is 5.75 Å². The molecule has 2 N–H and O–H groups in total. The molecule has 7 nitrogen and oxygen atoms in total. The number of nitrogens with zero attached hydrogens (tertiary/aromatic N) is 4. The molecule has 0 bridgehead atoms. The average Bonchev–Trinajstić information content (AvgIpc) is 2.81. The lowest BCUT2D eigenvalue weighted by molar-refractivity contribution is -0.127. The maximum atomic E-state index is 6.06. The van der Waals surface area contributed by atoms with Gasteiger partial charge in [-0.25, -0.2) is 9.97 Å². The first-order chi connectivity index (χ1) is 17.4. The van der Waals surface area contributed by atoms with Gasteiger partial charge in [-0.1, -0.05) is 50.2 Å². The number of hydrogen-bond donors (Lipinski definition) is 1. The lowest BCUT2D eigenvalue weighted by atomic mass is 9.78. The Hall–Kier alpha value is -3.00.